The van der Waals surface area contributed by atoms with Crippen molar-refractivity contribution in [2.45, 2.75) is 39.2 Å². The average Bonchev–Trinajstić information content (AvgIpc) is 2.79. The highest BCUT2D eigenvalue weighted by Crippen LogP contribution is 2.25. The molecule has 1 aliphatic heterocycles. The molecule has 184 valence electrons. The van der Waals surface area contributed by atoms with E-state index in [9.17, 15) is 14.4 Å². The number of hydrogen-bond donors (Lipinski definition) is 0. The molecular formula is C27H37N3O4. The predicted molar refractivity (Wildman–Crippen MR) is 134 cm³/mol. The minimum atomic E-state index is -0.597. The fraction of sp³-hybridized carbons (Fsp3) is 0.519. The zero-order valence-corrected chi connectivity index (χ0v) is 21.0. The van der Waals surface area contributed by atoms with E-state index in [1.807, 2.05) is 87.1 Å². The van der Waals surface area contributed by atoms with Crippen molar-refractivity contribution < 1.29 is 19.1 Å². The SMILES string of the molecule is CN(C)CCN(CC(=O)OC(C)(C)C)C(=O)C1CCN(C(=O)c2cccc3ccccc23)CC1. The summed E-state index contributed by atoms with van der Waals surface area (Å²) >= 11 is 0. The monoisotopic (exact) mass is 467 g/mol. The number of carbonyl (C=O) groups excluding carboxylic acids is 3. The van der Waals surface area contributed by atoms with Crippen LogP contribution in [-0.2, 0) is 14.3 Å². The molecular weight excluding hydrogens is 430 g/mol. The molecule has 0 spiro atoms. The fourth-order valence-corrected chi connectivity index (χ4v) is 4.29. The summed E-state index contributed by atoms with van der Waals surface area (Å²) in [5.74, 6) is -0.643. The zero-order valence-electron chi connectivity index (χ0n) is 21.0. The Morgan fingerprint density at radius 3 is 2.26 bits per heavy atom. The molecule has 0 bridgehead atoms. The van der Waals surface area contributed by atoms with E-state index in [-0.39, 0.29) is 24.3 Å². The third-order valence-electron chi connectivity index (χ3n) is 6.02. The number of amides is 2. The fourth-order valence-electron chi connectivity index (χ4n) is 4.29. The first-order chi connectivity index (χ1) is 16.0. The summed E-state index contributed by atoms with van der Waals surface area (Å²) in [4.78, 5) is 44.4. The lowest BCUT2D eigenvalue weighted by Gasteiger charge is -2.35. The van der Waals surface area contributed by atoms with Crippen LogP contribution in [0.25, 0.3) is 10.8 Å². The molecule has 0 saturated carbocycles. The molecule has 1 heterocycles. The number of rotatable bonds is 7. The van der Waals surface area contributed by atoms with Crippen LogP contribution in [0.1, 0.15) is 44.0 Å². The lowest BCUT2D eigenvalue weighted by atomic mass is 9.94. The molecule has 0 unspecified atom stereocenters. The number of piperidine rings is 1. The highest BCUT2D eigenvalue weighted by Gasteiger charge is 2.32. The second-order valence-electron chi connectivity index (χ2n) is 10.2. The van der Waals surface area contributed by atoms with Gasteiger partial charge in [-0.3, -0.25) is 14.4 Å². The number of likely N-dealkylation sites (N-methyl/N-ethyl adjacent to an activating group) is 1. The Kier molecular flexibility index (Phi) is 8.31. The molecule has 2 amide bonds. The third-order valence-corrected chi connectivity index (χ3v) is 6.02. The van der Waals surface area contributed by atoms with E-state index in [0.717, 1.165) is 10.8 Å². The van der Waals surface area contributed by atoms with Gasteiger partial charge in [-0.1, -0.05) is 36.4 Å². The van der Waals surface area contributed by atoms with Gasteiger partial charge in [0.15, 0.2) is 0 Å². The van der Waals surface area contributed by atoms with Crippen molar-refractivity contribution in [1.82, 2.24) is 14.7 Å². The molecule has 34 heavy (non-hydrogen) atoms. The first-order valence-corrected chi connectivity index (χ1v) is 12.0. The molecule has 7 heteroatoms. The first-order valence-electron chi connectivity index (χ1n) is 12.0. The summed E-state index contributed by atoms with van der Waals surface area (Å²) in [6, 6.07) is 13.7. The second-order valence-corrected chi connectivity index (χ2v) is 10.2. The minimum absolute atomic E-state index is 0.000850. The van der Waals surface area contributed by atoms with Gasteiger partial charge in [0.1, 0.15) is 12.1 Å². The summed E-state index contributed by atoms with van der Waals surface area (Å²) in [5, 5.41) is 1.98. The van der Waals surface area contributed by atoms with Crippen LogP contribution in [0.2, 0.25) is 0 Å². The van der Waals surface area contributed by atoms with Crippen LogP contribution < -0.4 is 0 Å². The van der Waals surface area contributed by atoms with Crippen LogP contribution in [0.3, 0.4) is 0 Å². The second kappa shape index (κ2) is 11.0. The molecule has 0 N–H and O–H groups in total. The molecule has 0 aliphatic carbocycles. The van der Waals surface area contributed by atoms with Crippen molar-refractivity contribution in [3.8, 4) is 0 Å². The van der Waals surface area contributed by atoms with Gasteiger partial charge in [0.05, 0.1) is 0 Å². The molecule has 0 atom stereocenters. The van der Waals surface area contributed by atoms with Gasteiger partial charge in [-0.15, -0.1) is 0 Å². The summed E-state index contributed by atoms with van der Waals surface area (Å²) in [7, 11) is 3.88. The van der Waals surface area contributed by atoms with Crippen molar-refractivity contribution in [1.29, 1.82) is 0 Å². The van der Waals surface area contributed by atoms with Crippen molar-refractivity contribution in [2.75, 3.05) is 46.8 Å². The number of carbonyl (C=O) groups is 3. The summed E-state index contributed by atoms with van der Waals surface area (Å²) < 4.78 is 5.45. The van der Waals surface area contributed by atoms with E-state index in [0.29, 0.717) is 44.6 Å². The van der Waals surface area contributed by atoms with Gasteiger partial charge in [0.25, 0.3) is 5.91 Å². The summed E-state index contributed by atoms with van der Waals surface area (Å²) in [5.41, 5.74) is 0.0983. The number of benzene rings is 2. The van der Waals surface area contributed by atoms with Crippen molar-refractivity contribution in [2.24, 2.45) is 5.92 Å². The van der Waals surface area contributed by atoms with Crippen LogP contribution in [0.4, 0.5) is 0 Å². The van der Waals surface area contributed by atoms with Gasteiger partial charge in [-0.25, -0.2) is 0 Å². The lowest BCUT2D eigenvalue weighted by molar-refractivity contribution is -0.160. The Hall–Kier alpha value is -2.93. The average molecular weight is 468 g/mol. The quantitative estimate of drug-likeness (QED) is 0.584. The van der Waals surface area contributed by atoms with E-state index in [1.54, 1.807) is 4.90 Å². The standard InChI is InChI=1S/C27H37N3O4/c1-27(2,3)34-24(31)19-30(18-17-28(4)5)25(32)21-13-15-29(16-14-21)26(33)23-12-8-10-20-9-6-7-11-22(20)23/h6-12,21H,13-19H2,1-5H3. The maximum atomic E-state index is 13.3. The van der Waals surface area contributed by atoms with Gasteiger partial charge >= 0.3 is 5.97 Å². The van der Waals surface area contributed by atoms with Gasteiger partial charge in [-0.05, 0) is 64.5 Å². The molecule has 1 aliphatic rings. The topological polar surface area (TPSA) is 70.2 Å². The van der Waals surface area contributed by atoms with Crippen LogP contribution in [0, 0.1) is 5.92 Å². The minimum Gasteiger partial charge on any atom is -0.459 e. The van der Waals surface area contributed by atoms with E-state index in [1.165, 1.54) is 0 Å². The van der Waals surface area contributed by atoms with Crippen LogP contribution in [-0.4, -0.2) is 84.9 Å². The highest BCUT2D eigenvalue weighted by molar-refractivity contribution is 6.07. The zero-order chi connectivity index (χ0) is 24.9. The summed E-state index contributed by atoms with van der Waals surface area (Å²) in [6.45, 7) is 7.56. The smallest absolute Gasteiger partial charge is 0.326 e. The summed E-state index contributed by atoms with van der Waals surface area (Å²) in [6.07, 6.45) is 1.17. The molecule has 3 rings (SSSR count). The van der Waals surface area contributed by atoms with E-state index >= 15 is 0 Å². The van der Waals surface area contributed by atoms with Crippen molar-refractivity contribution >= 4 is 28.6 Å². The van der Waals surface area contributed by atoms with Gasteiger partial charge < -0.3 is 19.4 Å². The number of hydrogen-bond acceptors (Lipinski definition) is 5. The van der Waals surface area contributed by atoms with Crippen molar-refractivity contribution in [3.05, 3.63) is 48.0 Å². The number of esters is 1. The Labute approximate surface area is 202 Å². The lowest BCUT2D eigenvalue weighted by Crippen LogP contribution is -2.48. The largest absolute Gasteiger partial charge is 0.459 e. The van der Waals surface area contributed by atoms with E-state index in [4.69, 9.17) is 4.74 Å². The molecule has 0 radical (unpaired) electrons. The Balaban J connectivity index is 1.64. The Morgan fingerprint density at radius 2 is 1.62 bits per heavy atom. The van der Waals surface area contributed by atoms with Gasteiger partial charge in [-0.2, -0.15) is 0 Å². The van der Waals surface area contributed by atoms with Gasteiger partial charge in [0.2, 0.25) is 5.91 Å². The molecule has 1 fully saturated rings. The van der Waals surface area contributed by atoms with Gasteiger partial charge in [0, 0.05) is 37.7 Å². The number of fused-ring (bicyclic) bond motifs is 1. The Morgan fingerprint density at radius 1 is 0.971 bits per heavy atom. The van der Waals surface area contributed by atoms with Crippen molar-refractivity contribution in [3.63, 3.8) is 0 Å². The van der Waals surface area contributed by atoms with E-state index in [2.05, 4.69) is 0 Å². The number of likely N-dealkylation sites (tertiary alicyclic amines) is 1. The first kappa shape index (κ1) is 25.7. The van der Waals surface area contributed by atoms with Crippen LogP contribution >= 0.6 is 0 Å². The highest BCUT2D eigenvalue weighted by atomic mass is 16.6. The molecule has 1 saturated heterocycles. The number of ether oxygens (including phenoxy) is 1. The third kappa shape index (κ3) is 6.79. The van der Waals surface area contributed by atoms with Crippen LogP contribution in [0.5, 0.6) is 0 Å². The molecule has 2 aromatic rings. The van der Waals surface area contributed by atoms with E-state index < -0.39 is 11.6 Å². The predicted octanol–water partition coefficient (Wildman–Crippen LogP) is 3.42. The normalized spacial score (nSPS) is 14.9. The molecule has 7 nitrogen and oxygen atoms in total. The maximum absolute atomic E-state index is 13.3. The number of nitrogens with zero attached hydrogens (tertiary/aromatic N) is 3. The maximum Gasteiger partial charge on any atom is 0.326 e. The van der Waals surface area contributed by atoms with Crippen LogP contribution in [0.15, 0.2) is 42.5 Å². The molecule has 0 aromatic heterocycles. The molecule has 2 aromatic carbocycles. The Bertz CT molecular complexity index is 1010.